The maximum Gasteiger partial charge on any atom is 0.429 e. The van der Waals surface area contributed by atoms with Crippen molar-refractivity contribution < 1.29 is 14.3 Å². The Balaban J connectivity index is 2.30. The van der Waals surface area contributed by atoms with Crippen molar-refractivity contribution in [3.63, 3.8) is 0 Å². The van der Waals surface area contributed by atoms with Crippen LogP contribution in [0.15, 0.2) is 35.4 Å². The van der Waals surface area contributed by atoms with E-state index in [9.17, 15) is 9.59 Å². The number of carbonyl (C=O) groups is 2. The number of benzene rings is 1. The molecule has 0 unspecified atom stereocenters. The van der Waals surface area contributed by atoms with E-state index in [2.05, 4.69) is 0 Å². The lowest BCUT2D eigenvalue weighted by atomic mass is 10.1. The van der Waals surface area contributed by atoms with Gasteiger partial charge in [0.05, 0.1) is 19.7 Å². The zero-order valence-corrected chi connectivity index (χ0v) is 13.7. The van der Waals surface area contributed by atoms with Crippen molar-refractivity contribution in [2.45, 2.75) is 20.8 Å². The average Bonchev–Trinajstić information content (AvgIpc) is 2.50. The Kier molecular flexibility index (Phi) is 5.08. The first-order valence-corrected chi connectivity index (χ1v) is 7.48. The second kappa shape index (κ2) is 6.83. The molecule has 0 atom stereocenters. The number of nitrogens with zero attached hydrogens (tertiary/aromatic N) is 2. The van der Waals surface area contributed by atoms with Crippen LogP contribution in [-0.4, -0.2) is 41.7 Å². The fraction of sp³-hybridized carbons (Fsp3) is 0.375. The highest BCUT2D eigenvalue weighted by Gasteiger charge is 2.32. The Morgan fingerprint density at radius 2 is 1.64 bits per heavy atom. The molecule has 0 aromatic heterocycles. The summed E-state index contributed by atoms with van der Waals surface area (Å²) in [6.07, 6.45) is -0.517. The summed E-state index contributed by atoms with van der Waals surface area (Å²) in [7, 11) is 0. The third-order valence-corrected chi connectivity index (χ3v) is 3.85. The van der Waals surface area contributed by atoms with Gasteiger partial charge in [-0.2, -0.15) is 0 Å². The normalized spacial score (nSPS) is 15.1. The Morgan fingerprint density at radius 3 is 2.18 bits per heavy atom. The third-order valence-electron chi connectivity index (χ3n) is 3.60. The molecule has 0 saturated heterocycles. The van der Waals surface area contributed by atoms with Crippen LogP contribution < -0.4 is 0 Å². The van der Waals surface area contributed by atoms with Crippen LogP contribution in [0.4, 0.5) is 4.79 Å². The van der Waals surface area contributed by atoms with E-state index in [4.69, 9.17) is 16.3 Å². The van der Waals surface area contributed by atoms with Gasteiger partial charge >= 0.3 is 6.09 Å². The van der Waals surface area contributed by atoms with Crippen LogP contribution in [0.3, 0.4) is 0 Å². The predicted molar refractivity (Wildman–Crippen MR) is 84.6 cm³/mol. The van der Waals surface area contributed by atoms with Gasteiger partial charge in [0.15, 0.2) is 0 Å². The number of ether oxygens (including phenoxy) is 1. The van der Waals surface area contributed by atoms with Crippen molar-refractivity contribution >= 4 is 23.6 Å². The molecular weight excluding hydrogens is 304 g/mol. The number of hydrogen-bond acceptors (Lipinski definition) is 3. The molecule has 1 aromatic rings. The minimum atomic E-state index is -0.517. The van der Waals surface area contributed by atoms with Crippen LogP contribution >= 0.6 is 11.6 Å². The molecule has 118 valence electrons. The third kappa shape index (κ3) is 3.42. The van der Waals surface area contributed by atoms with E-state index in [1.165, 1.54) is 10.0 Å². The lowest BCUT2D eigenvalue weighted by molar-refractivity contribution is -0.00716. The Morgan fingerprint density at radius 1 is 1.09 bits per heavy atom. The van der Waals surface area contributed by atoms with Crippen molar-refractivity contribution in [2.75, 3.05) is 19.7 Å². The minimum absolute atomic E-state index is 0.253. The van der Waals surface area contributed by atoms with Crippen molar-refractivity contribution in [3.8, 4) is 0 Å². The molecule has 1 aromatic carbocycles. The van der Waals surface area contributed by atoms with Gasteiger partial charge in [-0.3, -0.25) is 4.79 Å². The number of amides is 2. The molecule has 1 aliphatic rings. The summed E-state index contributed by atoms with van der Waals surface area (Å²) in [4.78, 5) is 24.8. The molecule has 2 amide bonds. The van der Waals surface area contributed by atoms with Crippen LogP contribution in [-0.2, 0) is 4.74 Å². The van der Waals surface area contributed by atoms with Gasteiger partial charge in [0.25, 0.3) is 5.91 Å². The van der Waals surface area contributed by atoms with Crippen molar-refractivity contribution in [3.05, 3.63) is 46.0 Å². The molecule has 1 aliphatic heterocycles. The molecule has 0 N–H and O–H groups in total. The van der Waals surface area contributed by atoms with Crippen molar-refractivity contribution in [1.82, 2.24) is 10.0 Å². The summed E-state index contributed by atoms with van der Waals surface area (Å²) < 4.78 is 5.05. The van der Waals surface area contributed by atoms with E-state index in [0.29, 0.717) is 23.7 Å². The van der Waals surface area contributed by atoms with Crippen LogP contribution in [0.2, 0.25) is 5.02 Å². The first kappa shape index (κ1) is 16.4. The summed E-state index contributed by atoms with van der Waals surface area (Å²) >= 11 is 5.85. The Bertz CT molecular complexity index is 610. The summed E-state index contributed by atoms with van der Waals surface area (Å²) in [6.45, 7) is 6.63. The molecule has 0 radical (unpaired) electrons. The summed E-state index contributed by atoms with van der Waals surface area (Å²) in [5.74, 6) is -0.253. The number of hydrazine groups is 1. The maximum absolute atomic E-state index is 12.7. The van der Waals surface area contributed by atoms with E-state index < -0.39 is 6.09 Å². The van der Waals surface area contributed by atoms with Crippen molar-refractivity contribution in [2.24, 2.45) is 0 Å². The monoisotopic (exact) mass is 322 g/mol. The maximum atomic E-state index is 12.7. The Labute approximate surface area is 135 Å². The molecule has 2 rings (SSSR count). The minimum Gasteiger partial charge on any atom is -0.448 e. The fourth-order valence-electron chi connectivity index (χ4n) is 2.17. The highest BCUT2D eigenvalue weighted by Crippen LogP contribution is 2.21. The van der Waals surface area contributed by atoms with Gasteiger partial charge in [-0.05, 0) is 45.0 Å². The second-order valence-corrected chi connectivity index (χ2v) is 5.62. The molecule has 1 heterocycles. The first-order valence-electron chi connectivity index (χ1n) is 7.11. The number of rotatable bonds is 2. The zero-order chi connectivity index (χ0) is 16.3. The van der Waals surface area contributed by atoms with E-state index in [1.54, 1.807) is 31.2 Å². The Hall–Kier alpha value is -2.01. The van der Waals surface area contributed by atoms with Gasteiger partial charge in [-0.25, -0.2) is 14.8 Å². The molecule has 5 nitrogen and oxygen atoms in total. The van der Waals surface area contributed by atoms with E-state index >= 15 is 0 Å². The fourth-order valence-corrected chi connectivity index (χ4v) is 2.30. The molecule has 22 heavy (non-hydrogen) atoms. The zero-order valence-electron chi connectivity index (χ0n) is 12.9. The van der Waals surface area contributed by atoms with E-state index in [-0.39, 0.29) is 12.5 Å². The van der Waals surface area contributed by atoms with Gasteiger partial charge in [0, 0.05) is 10.6 Å². The van der Waals surface area contributed by atoms with Gasteiger partial charge in [-0.15, -0.1) is 0 Å². The number of carbonyl (C=O) groups excluding carboxylic acids is 2. The lowest BCUT2D eigenvalue weighted by Gasteiger charge is -2.38. The highest BCUT2D eigenvalue weighted by atomic mass is 35.5. The summed E-state index contributed by atoms with van der Waals surface area (Å²) in [6, 6.07) is 6.60. The average molecular weight is 323 g/mol. The predicted octanol–water partition coefficient (Wildman–Crippen LogP) is 3.51. The second-order valence-electron chi connectivity index (χ2n) is 5.19. The first-order chi connectivity index (χ1) is 10.4. The molecule has 6 heteroatoms. The largest absolute Gasteiger partial charge is 0.448 e. The summed E-state index contributed by atoms with van der Waals surface area (Å²) in [5, 5.41) is 3.33. The molecule has 0 fully saturated rings. The van der Waals surface area contributed by atoms with Gasteiger partial charge in [0.2, 0.25) is 0 Å². The standard InChI is InChI=1S/C16H19ClN2O3/c1-4-22-16(21)19-10-12(3)11(2)9-18(19)15(20)13-5-7-14(17)8-6-13/h5-8H,4,9-10H2,1-3H3. The van der Waals surface area contributed by atoms with Gasteiger partial charge in [0.1, 0.15) is 0 Å². The molecule has 0 spiro atoms. The van der Waals surface area contributed by atoms with Crippen LogP contribution in [0.1, 0.15) is 31.1 Å². The molecule has 0 saturated carbocycles. The molecule has 0 aliphatic carbocycles. The molecule has 0 bridgehead atoms. The van der Waals surface area contributed by atoms with Crippen molar-refractivity contribution in [1.29, 1.82) is 0 Å². The quantitative estimate of drug-likeness (QED) is 0.783. The number of hydrogen-bond donors (Lipinski definition) is 0. The smallest absolute Gasteiger partial charge is 0.429 e. The SMILES string of the molecule is CCOC(=O)N1CC(C)=C(C)CN1C(=O)c1ccc(Cl)cc1. The van der Waals surface area contributed by atoms with Crippen LogP contribution in [0.5, 0.6) is 0 Å². The number of halogens is 1. The molecular formula is C16H19ClN2O3. The van der Waals surface area contributed by atoms with Gasteiger partial charge < -0.3 is 4.74 Å². The topological polar surface area (TPSA) is 49.9 Å². The lowest BCUT2D eigenvalue weighted by Crippen LogP contribution is -2.53. The van der Waals surface area contributed by atoms with E-state index in [1.807, 2.05) is 13.8 Å². The van der Waals surface area contributed by atoms with Crippen LogP contribution in [0, 0.1) is 0 Å². The highest BCUT2D eigenvalue weighted by molar-refractivity contribution is 6.30. The van der Waals surface area contributed by atoms with Crippen LogP contribution in [0.25, 0.3) is 0 Å². The van der Waals surface area contributed by atoms with Gasteiger partial charge in [-0.1, -0.05) is 22.7 Å². The summed E-state index contributed by atoms with van der Waals surface area (Å²) in [5.41, 5.74) is 2.61. The van der Waals surface area contributed by atoms with E-state index in [0.717, 1.165) is 11.1 Å².